The zero-order valence-corrected chi connectivity index (χ0v) is 14.3. The average molecular weight is 322 g/mol. The molecule has 124 valence electrons. The third kappa shape index (κ3) is 3.05. The Morgan fingerprint density at radius 1 is 1.04 bits per heavy atom. The minimum atomic E-state index is -0.0354. The fraction of sp³-hybridized carbons (Fsp3) is 0.250. The molecule has 4 heteroatoms. The maximum atomic E-state index is 13.0. The lowest BCUT2D eigenvalue weighted by molar-refractivity contribution is 0.0962. The molecule has 1 aromatic heterocycles. The van der Waals surface area contributed by atoms with E-state index >= 15 is 0 Å². The number of para-hydroxylation sites is 1. The Kier molecular flexibility index (Phi) is 4.67. The first-order valence-corrected chi connectivity index (χ1v) is 8.07. The van der Waals surface area contributed by atoms with Gasteiger partial charge in [-0.05, 0) is 45.3 Å². The maximum Gasteiger partial charge on any atom is 0.262 e. The van der Waals surface area contributed by atoms with Crippen LogP contribution in [0.4, 0.5) is 0 Å². The summed E-state index contributed by atoms with van der Waals surface area (Å²) >= 11 is 0. The van der Waals surface area contributed by atoms with Crippen molar-refractivity contribution in [2.24, 2.45) is 0 Å². The van der Waals surface area contributed by atoms with Crippen LogP contribution in [0, 0.1) is 6.92 Å². The largest absolute Gasteiger partial charge is 0.490 e. The molecule has 0 amide bonds. The molecule has 3 aromatic rings. The van der Waals surface area contributed by atoms with Crippen LogP contribution in [0.1, 0.15) is 16.1 Å². The molecule has 0 aliphatic rings. The lowest BCUT2D eigenvalue weighted by Crippen LogP contribution is -2.19. The Hall–Kier alpha value is -2.59. The first-order chi connectivity index (χ1) is 11.6. The van der Waals surface area contributed by atoms with Crippen molar-refractivity contribution in [1.29, 1.82) is 0 Å². The lowest BCUT2D eigenvalue weighted by Gasteiger charge is -2.11. The van der Waals surface area contributed by atoms with E-state index in [9.17, 15) is 4.79 Å². The molecule has 0 radical (unpaired) electrons. The van der Waals surface area contributed by atoms with Crippen molar-refractivity contribution < 1.29 is 9.53 Å². The van der Waals surface area contributed by atoms with Crippen molar-refractivity contribution in [2.45, 2.75) is 6.92 Å². The van der Waals surface area contributed by atoms with E-state index in [1.165, 1.54) is 0 Å². The minimum Gasteiger partial charge on any atom is -0.490 e. The molecule has 0 fully saturated rings. The molecule has 2 aromatic carbocycles. The van der Waals surface area contributed by atoms with Crippen LogP contribution in [0.2, 0.25) is 0 Å². The highest BCUT2D eigenvalue weighted by molar-refractivity contribution is 6.04. The molecule has 24 heavy (non-hydrogen) atoms. The standard InChI is InChI=1S/C20H22N2O2/c1-15-19(24-14-13-21(2)3)17-11-7-8-12-18(17)22(15)20(23)16-9-5-4-6-10-16/h4-12H,13-14H2,1-3H3. The molecule has 0 aliphatic carbocycles. The smallest absolute Gasteiger partial charge is 0.262 e. The van der Waals surface area contributed by atoms with Crippen LogP contribution in [0.3, 0.4) is 0 Å². The summed E-state index contributed by atoms with van der Waals surface area (Å²) in [6.45, 7) is 3.35. The molecule has 3 rings (SSSR count). The van der Waals surface area contributed by atoms with E-state index in [0.29, 0.717) is 12.2 Å². The molecular formula is C20H22N2O2. The SMILES string of the molecule is Cc1c(OCCN(C)C)c2ccccc2n1C(=O)c1ccccc1. The van der Waals surface area contributed by atoms with Gasteiger partial charge in [0, 0.05) is 17.5 Å². The van der Waals surface area contributed by atoms with E-state index in [1.54, 1.807) is 4.57 Å². The number of aromatic nitrogens is 1. The van der Waals surface area contributed by atoms with Gasteiger partial charge in [0.25, 0.3) is 5.91 Å². The molecule has 0 bridgehead atoms. The van der Waals surface area contributed by atoms with E-state index < -0.39 is 0 Å². The Balaban J connectivity index is 2.05. The predicted molar refractivity (Wildman–Crippen MR) is 96.9 cm³/mol. The highest BCUT2D eigenvalue weighted by Crippen LogP contribution is 2.33. The highest BCUT2D eigenvalue weighted by Gasteiger charge is 2.20. The molecule has 0 aliphatic heterocycles. The van der Waals surface area contributed by atoms with Gasteiger partial charge in [-0.15, -0.1) is 0 Å². The van der Waals surface area contributed by atoms with Crippen molar-refractivity contribution in [3.63, 3.8) is 0 Å². The van der Waals surface area contributed by atoms with Gasteiger partial charge >= 0.3 is 0 Å². The summed E-state index contributed by atoms with van der Waals surface area (Å²) in [5.41, 5.74) is 2.38. The second-order valence-corrected chi connectivity index (χ2v) is 6.09. The Morgan fingerprint density at radius 3 is 2.42 bits per heavy atom. The van der Waals surface area contributed by atoms with Crippen LogP contribution < -0.4 is 4.74 Å². The van der Waals surface area contributed by atoms with Gasteiger partial charge in [0.05, 0.1) is 11.2 Å². The van der Waals surface area contributed by atoms with E-state index in [0.717, 1.165) is 28.9 Å². The molecule has 1 heterocycles. The summed E-state index contributed by atoms with van der Waals surface area (Å²) in [7, 11) is 4.02. The van der Waals surface area contributed by atoms with Gasteiger partial charge in [0.15, 0.2) is 0 Å². The topological polar surface area (TPSA) is 34.5 Å². The lowest BCUT2D eigenvalue weighted by atomic mass is 10.2. The van der Waals surface area contributed by atoms with Gasteiger partial charge in [0.2, 0.25) is 0 Å². The Bertz CT molecular complexity index is 851. The number of fused-ring (bicyclic) bond motifs is 1. The van der Waals surface area contributed by atoms with Gasteiger partial charge in [-0.2, -0.15) is 0 Å². The molecule has 0 saturated heterocycles. The van der Waals surface area contributed by atoms with Crippen LogP contribution >= 0.6 is 0 Å². The second kappa shape index (κ2) is 6.89. The van der Waals surface area contributed by atoms with E-state index in [2.05, 4.69) is 4.90 Å². The summed E-state index contributed by atoms with van der Waals surface area (Å²) in [5.74, 6) is 0.753. The number of nitrogens with zero attached hydrogens (tertiary/aromatic N) is 2. The van der Waals surface area contributed by atoms with Gasteiger partial charge < -0.3 is 9.64 Å². The van der Waals surface area contributed by atoms with Crippen molar-refractivity contribution in [3.8, 4) is 5.75 Å². The Morgan fingerprint density at radius 2 is 1.71 bits per heavy atom. The van der Waals surface area contributed by atoms with Crippen molar-refractivity contribution in [2.75, 3.05) is 27.2 Å². The first kappa shape index (κ1) is 16.3. The summed E-state index contributed by atoms with van der Waals surface area (Å²) < 4.78 is 7.76. The number of carbonyl (C=O) groups excluding carboxylic acids is 1. The number of ether oxygens (including phenoxy) is 1. The third-order valence-electron chi connectivity index (χ3n) is 4.06. The summed E-state index contributed by atoms with van der Waals surface area (Å²) in [5, 5.41) is 0.970. The number of rotatable bonds is 5. The van der Waals surface area contributed by atoms with Crippen LogP contribution in [0.5, 0.6) is 5.75 Å². The van der Waals surface area contributed by atoms with E-state index in [1.807, 2.05) is 75.6 Å². The van der Waals surface area contributed by atoms with Gasteiger partial charge in [-0.25, -0.2) is 0 Å². The number of hydrogen-bond acceptors (Lipinski definition) is 3. The summed E-state index contributed by atoms with van der Waals surface area (Å²) in [4.78, 5) is 15.0. The number of hydrogen-bond donors (Lipinski definition) is 0. The van der Waals surface area contributed by atoms with Crippen LogP contribution in [0.25, 0.3) is 10.9 Å². The maximum absolute atomic E-state index is 13.0. The molecule has 0 atom stereocenters. The monoisotopic (exact) mass is 322 g/mol. The van der Waals surface area contributed by atoms with Gasteiger partial charge in [0.1, 0.15) is 12.4 Å². The first-order valence-electron chi connectivity index (χ1n) is 8.07. The van der Waals surface area contributed by atoms with Crippen LogP contribution in [-0.2, 0) is 0 Å². The average Bonchev–Trinajstić information content (AvgIpc) is 2.87. The quantitative estimate of drug-likeness (QED) is 0.720. The molecule has 0 spiro atoms. The zero-order valence-electron chi connectivity index (χ0n) is 14.3. The minimum absolute atomic E-state index is 0.0354. The fourth-order valence-electron chi connectivity index (χ4n) is 2.82. The summed E-state index contributed by atoms with van der Waals surface area (Å²) in [6.07, 6.45) is 0. The van der Waals surface area contributed by atoms with Crippen molar-refractivity contribution in [3.05, 3.63) is 65.9 Å². The fourth-order valence-corrected chi connectivity index (χ4v) is 2.82. The number of likely N-dealkylation sites (N-methyl/N-ethyl adjacent to an activating group) is 1. The van der Waals surface area contributed by atoms with E-state index in [-0.39, 0.29) is 5.91 Å². The molecule has 0 saturated carbocycles. The number of carbonyl (C=O) groups is 1. The van der Waals surface area contributed by atoms with Crippen LogP contribution in [-0.4, -0.2) is 42.6 Å². The third-order valence-corrected chi connectivity index (χ3v) is 4.06. The molecular weight excluding hydrogens is 300 g/mol. The van der Waals surface area contributed by atoms with Gasteiger partial charge in [-0.1, -0.05) is 30.3 Å². The van der Waals surface area contributed by atoms with E-state index in [4.69, 9.17) is 4.74 Å². The Labute approximate surface area is 142 Å². The highest BCUT2D eigenvalue weighted by atomic mass is 16.5. The number of benzene rings is 2. The normalized spacial score (nSPS) is 11.2. The van der Waals surface area contributed by atoms with Crippen molar-refractivity contribution >= 4 is 16.8 Å². The zero-order chi connectivity index (χ0) is 17.1. The summed E-state index contributed by atoms with van der Waals surface area (Å²) in [6, 6.07) is 17.2. The molecule has 4 nitrogen and oxygen atoms in total. The van der Waals surface area contributed by atoms with Gasteiger partial charge in [-0.3, -0.25) is 9.36 Å². The molecule has 0 N–H and O–H groups in total. The van der Waals surface area contributed by atoms with Crippen molar-refractivity contribution in [1.82, 2.24) is 9.47 Å². The van der Waals surface area contributed by atoms with Crippen LogP contribution in [0.15, 0.2) is 54.6 Å². The molecule has 0 unspecified atom stereocenters. The predicted octanol–water partition coefficient (Wildman–Crippen LogP) is 3.58. The second-order valence-electron chi connectivity index (χ2n) is 6.09.